The van der Waals surface area contributed by atoms with E-state index in [9.17, 15) is 13.2 Å². The molecule has 0 aliphatic carbocycles. The Hall–Kier alpha value is -0.710. The molecule has 1 aromatic rings. The first-order chi connectivity index (χ1) is 6.65. The zero-order valence-corrected chi connectivity index (χ0v) is 8.78. The minimum atomic E-state index is -1.47. The monoisotopic (exact) mass is 268 g/mol. The average molecular weight is 269 g/mol. The number of benzene rings is 1. The molecule has 0 unspecified atom stereocenters. The standard InChI is InChI=1S/C9H8BrF3O/c10-2-1-3-14-6-4-7(11)9(13)8(12)5-6/h4-5H,1-3H2. The molecule has 0 atom stereocenters. The van der Waals surface area contributed by atoms with E-state index in [0.29, 0.717) is 13.0 Å². The lowest BCUT2D eigenvalue weighted by Gasteiger charge is -2.05. The van der Waals surface area contributed by atoms with Crippen molar-refractivity contribution in [2.45, 2.75) is 6.42 Å². The number of alkyl halides is 1. The van der Waals surface area contributed by atoms with E-state index in [1.807, 2.05) is 0 Å². The van der Waals surface area contributed by atoms with Gasteiger partial charge in [0.1, 0.15) is 5.75 Å². The maximum atomic E-state index is 12.6. The summed E-state index contributed by atoms with van der Waals surface area (Å²) < 4.78 is 42.8. The Morgan fingerprint density at radius 1 is 1.14 bits per heavy atom. The van der Waals surface area contributed by atoms with Crippen molar-refractivity contribution >= 4 is 15.9 Å². The van der Waals surface area contributed by atoms with Gasteiger partial charge in [-0.15, -0.1) is 0 Å². The minimum absolute atomic E-state index is 0.00218. The predicted octanol–water partition coefficient (Wildman–Crippen LogP) is 3.27. The fraction of sp³-hybridized carbons (Fsp3) is 0.333. The third-order valence-corrected chi connectivity index (χ3v) is 2.06. The molecule has 0 aliphatic rings. The van der Waals surface area contributed by atoms with Crippen LogP contribution in [0.25, 0.3) is 0 Å². The molecular formula is C9H8BrF3O. The van der Waals surface area contributed by atoms with Crippen LogP contribution in [0.2, 0.25) is 0 Å². The maximum absolute atomic E-state index is 12.6. The summed E-state index contributed by atoms with van der Waals surface area (Å²) in [5.41, 5.74) is 0. The van der Waals surface area contributed by atoms with Crippen LogP contribution in [0.15, 0.2) is 12.1 Å². The van der Waals surface area contributed by atoms with Crippen LogP contribution in [-0.2, 0) is 0 Å². The van der Waals surface area contributed by atoms with Crippen LogP contribution in [0.5, 0.6) is 5.75 Å². The fourth-order valence-corrected chi connectivity index (χ4v) is 1.09. The lowest BCUT2D eigenvalue weighted by Crippen LogP contribution is -2.00. The summed E-state index contributed by atoms with van der Waals surface area (Å²) in [5, 5.41) is 0.735. The first kappa shape index (κ1) is 11.4. The van der Waals surface area contributed by atoms with Crippen molar-refractivity contribution in [3.63, 3.8) is 0 Å². The van der Waals surface area contributed by atoms with Gasteiger partial charge in [0, 0.05) is 17.5 Å². The van der Waals surface area contributed by atoms with Gasteiger partial charge in [0.15, 0.2) is 17.5 Å². The SMILES string of the molecule is Fc1cc(OCCCBr)cc(F)c1F. The van der Waals surface area contributed by atoms with Crippen molar-refractivity contribution < 1.29 is 17.9 Å². The topological polar surface area (TPSA) is 9.23 Å². The summed E-state index contributed by atoms with van der Waals surface area (Å²) in [5.74, 6) is -3.95. The van der Waals surface area contributed by atoms with E-state index >= 15 is 0 Å². The summed E-state index contributed by atoms with van der Waals surface area (Å²) in [7, 11) is 0. The van der Waals surface area contributed by atoms with E-state index in [1.165, 1.54) is 0 Å². The number of hydrogen-bond acceptors (Lipinski definition) is 1. The number of hydrogen-bond donors (Lipinski definition) is 0. The summed E-state index contributed by atoms with van der Waals surface area (Å²) >= 11 is 3.18. The van der Waals surface area contributed by atoms with Crippen LogP contribution >= 0.6 is 15.9 Å². The van der Waals surface area contributed by atoms with Crippen molar-refractivity contribution in [2.24, 2.45) is 0 Å². The van der Waals surface area contributed by atoms with Gasteiger partial charge in [-0.2, -0.15) is 0 Å². The molecule has 0 radical (unpaired) electrons. The molecule has 0 bridgehead atoms. The van der Waals surface area contributed by atoms with E-state index in [1.54, 1.807) is 0 Å². The van der Waals surface area contributed by atoms with Crippen molar-refractivity contribution in [3.05, 3.63) is 29.6 Å². The van der Waals surface area contributed by atoms with E-state index < -0.39 is 17.5 Å². The van der Waals surface area contributed by atoms with Crippen LogP contribution in [-0.4, -0.2) is 11.9 Å². The number of halogens is 4. The largest absolute Gasteiger partial charge is 0.493 e. The molecule has 1 rings (SSSR count). The molecule has 1 aromatic carbocycles. The van der Waals surface area contributed by atoms with Crippen molar-refractivity contribution in [1.82, 2.24) is 0 Å². The lowest BCUT2D eigenvalue weighted by atomic mass is 10.3. The molecule has 0 saturated carbocycles. The van der Waals surface area contributed by atoms with Crippen molar-refractivity contribution in [2.75, 3.05) is 11.9 Å². The first-order valence-electron chi connectivity index (χ1n) is 3.98. The second-order valence-electron chi connectivity index (χ2n) is 2.59. The number of rotatable bonds is 4. The second kappa shape index (κ2) is 5.24. The molecule has 0 fully saturated rings. The zero-order chi connectivity index (χ0) is 10.6. The first-order valence-corrected chi connectivity index (χ1v) is 5.10. The molecule has 0 spiro atoms. The van der Waals surface area contributed by atoms with Crippen LogP contribution in [0.4, 0.5) is 13.2 Å². The molecule has 78 valence electrons. The summed E-state index contributed by atoms with van der Waals surface area (Å²) in [6.07, 6.45) is 0.709. The molecule has 0 N–H and O–H groups in total. The number of ether oxygens (including phenoxy) is 1. The highest BCUT2D eigenvalue weighted by Crippen LogP contribution is 2.19. The van der Waals surface area contributed by atoms with Crippen molar-refractivity contribution in [1.29, 1.82) is 0 Å². The van der Waals surface area contributed by atoms with Gasteiger partial charge in [-0.1, -0.05) is 15.9 Å². The smallest absolute Gasteiger partial charge is 0.194 e. The molecule has 5 heteroatoms. The summed E-state index contributed by atoms with van der Waals surface area (Å²) in [6.45, 7) is 0.329. The van der Waals surface area contributed by atoms with Gasteiger partial charge in [0.05, 0.1) is 6.61 Å². The minimum Gasteiger partial charge on any atom is -0.493 e. The second-order valence-corrected chi connectivity index (χ2v) is 3.38. The fourth-order valence-electron chi connectivity index (χ4n) is 0.860. The molecular weight excluding hydrogens is 261 g/mol. The quantitative estimate of drug-likeness (QED) is 0.463. The van der Waals surface area contributed by atoms with E-state index in [4.69, 9.17) is 4.74 Å². The predicted molar refractivity (Wildman–Crippen MR) is 50.2 cm³/mol. The van der Waals surface area contributed by atoms with Gasteiger partial charge >= 0.3 is 0 Å². The zero-order valence-electron chi connectivity index (χ0n) is 7.20. The molecule has 0 aromatic heterocycles. The molecule has 0 heterocycles. The maximum Gasteiger partial charge on any atom is 0.194 e. The summed E-state index contributed by atoms with van der Waals surface area (Å²) in [6, 6.07) is 1.65. The molecule has 14 heavy (non-hydrogen) atoms. The van der Waals surface area contributed by atoms with Crippen LogP contribution in [0.3, 0.4) is 0 Å². The van der Waals surface area contributed by atoms with Crippen LogP contribution in [0.1, 0.15) is 6.42 Å². The Labute approximate surface area is 88.0 Å². The van der Waals surface area contributed by atoms with Crippen LogP contribution in [0, 0.1) is 17.5 Å². The summed E-state index contributed by atoms with van der Waals surface area (Å²) in [4.78, 5) is 0. The molecule has 0 aliphatic heterocycles. The molecule has 0 saturated heterocycles. The van der Waals surface area contributed by atoms with Gasteiger partial charge < -0.3 is 4.74 Å². The van der Waals surface area contributed by atoms with Gasteiger partial charge in [-0.3, -0.25) is 0 Å². The third-order valence-electron chi connectivity index (χ3n) is 1.50. The Morgan fingerprint density at radius 3 is 2.21 bits per heavy atom. The Balaban J connectivity index is 2.69. The van der Waals surface area contributed by atoms with Crippen molar-refractivity contribution in [3.8, 4) is 5.75 Å². The Morgan fingerprint density at radius 2 is 1.71 bits per heavy atom. The third kappa shape index (κ3) is 2.90. The van der Waals surface area contributed by atoms with Crippen LogP contribution < -0.4 is 4.74 Å². The molecule has 1 nitrogen and oxygen atoms in total. The highest BCUT2D eigenvalue weighted by atomic mass is 79.9. The average Bonchev–Trinajstić information content (AvgIpc) is 2.14. The van der Waals surface area contributed by atoms with E-state index in [0.717, 1.165) is 17.5 Å². The highest BCUT2D eigenvalue weighted by molar-refractivity contribution is 9.09. The van der Waals surface area contributed by atoms with E-state index in [2.05, 4.69) is 15.9 Å². The van der Waals surface area contributed by atoms with Gasteiger partial charge in [0.25, 0.3) is 0 Å². The van der Waals surface area contributed by atoms with Gasteiger partial charge in [-0.25, -0.2) is 13.2 Å². The Kier molecular flexibility index (Phi) is 4.25. The molecule has 0 amide bonds. The van der Waals surface area contributed by atoms with E-state index in [-0.39, 0.29) is 5.75 Å². The highest BCUT2D eigenvalue weighted by Gasteiger charge is 2.10. The lowest BCUT2D eigenvalue weighted by molar-refractivity contribution is 0.312. The van der Waals surface area contributed by atoms with Gasteiger partial charge in [-0.05, 0) is 6.42 Å². The van der Waals surface area contributed by atoms with Gasteiger partial charge in [0.2, 0.25) is 0 Å². The normalized spacial score (nSPS) is 10.3. The Bertz CT molecular complexity index is 294.